The predicted molar refractivity (Wildman–Crippen MR) is 129 cm³/mol. The summed E-state index contributed by atoms with van der Waals surface area (Å²) >= 11 is 0. The average molecular weight is 488 g/mol. The van der Waals surface area contributed by atoms with Crippen LogP contribution in [0.25, 0.3) is 0 Å². The molecule has 0 aromatic heterocycles. The lowest BCUT2D eigenvalue weighted by Crippen LogP contribution is -2.45. The second-order valence-electron chi connectivity index (χ2n) is 9.12. The number of esters is 2. The predicted octanol–water partition coefficient (Wildman–Crippen LogP) is 3.49. The number of nitrogens with one attached hydrogen (secondary N) is 2. The third-order valence-corrected chi connectivity index (χ3v) is 5.48. The number of methoxy groups -OCH3 is 1. The molecule has 1 aromatic rings. The van der Waals surface area contributed by atoms with Crippen LogP contribution in [0.4, 0.5) is 5.69 Å². The largest absolute Gasteiger partial charge is 0.467 e. The Bertz CT molecular complexity index is 1070. The molecule has 190 valence electrons. The number of amides is 1. The van der Waals surface area contributed by atoms with Gasteiger partial charge in [-0.2, -0.15) is 0 Å². The first kappa shape index (κ1) is 27.6. The van der Waals surface area contributed by atoms with Crippen molar-refractivity contribution in [3.8, 4) is 0 Å². The minimum Gasteiger partial charge on any atom is -0.467 e. The molecule has 1 aliphatic heterocycles. The number of carbonyl (C=O) groups is 3. The monoisotopic (exact) mass is 487 g/mol. The van der Waals surface area contributed by atoms with Crippen molar-refractivity contribution in [2.45, 2.75) is 66.0 Å². The van der Waals surface area contributed by atoms with Gasteiger partial charge in [-0.15, -0.1) is 0 Å². The van der Waals surface area contributed by atoms with Gasteiger partial charge in [-0.25, -0.2) is 9.59 Å². The maximum Gasteiger partial charge on any atom is 0.337 e. The van der Waals surface area contributed by atoms with Gasteiger partial charge in [-0.05, 0) is 45.6 Å². The van der Waals surface area contributed by atoms with Crippen LogP contribution in [-0.4, -0.2) is 42.0 Å². The van der Waals surface area contributed by atoms with E-state index in [-0.39, 0.29) is 22.8 Å². The molecule has 0 unspecified atom stereocenters. The zero-order valence-electron chi connectivity index (χ0n) is 21.1. The molecule has 1 heterocycles. The second kappa shape index (κ2) is 11.6. The van der Waals surface area contributed by atoms with E-state index in [0.29, 0.717) is 23.4 Å². The number of nitro groups is 1. The van der Waals surface area contributed by atoms with Crippen molar-refractivity contribution in [2.75, 3.05) is 7.11 Å². The zero-order valence-corrected chi connectivity index (χ0v) is 21.1. The minimum atomic E-state index is -0.959. The van der Waals surface area contributed by atoms with Crippen LogP contribution in [0.15, 0.2) is 46.8 Å². The van der Waals surface area contributed by atoms with Crippen LogP contribution in [0, 0.1) is 16.0 Å². The molecule has 2 rings (SSSR count). The molecular formula is C25H33N3O7. The topological polar surface area (TPSA) is 137 Å². The fraction of sp³-hybridized carbons (Fsp3) is 0.480. The molecule has 2 atom stereocenters. The fourth-order valence-electron chi connectivity index (χ4n) is 4.06. The number of benzene rings is 1. The summed E-state index contributed by atoms with van der Waals surface area (Å²) in [5.41, 5.74) is 1.43. The van der Waals surface area contributed by atoms with Gasteiger partial charge in [0, 0.05) is 29.1 Å². The highest BCUT2D eigenvalue weighted by atomic mass is 16.6. The van der Waals surface area contributed by atoms with Gasteiger partial charge in [-0.1, -0.05) is 26.0 Å². The number of hydrogen-bond donors (Lipinski definition) is 2. The molecule has 0 spiro atoms. The van der Waals surface area contributed by atoms with Gasteiger partial charge in [0.05, 0.1) is 29.6 Å². The number of carbonyl (C=O) groups excluding carboxylic acids is 3. The maximum absolute atomic E-state index is 13.6. The Labute approximate surface area is 204 Å². The molecule has 0 radical (unpaired) electrons. The third kappa shape index (κ3) is 6.68. The number of dihydropyridines is 1. The third-order valence-electron chi connectivity index (χ3n) is 5.48. The van der Waals surface area contributed by atoms with Crippen molar-refractivity contribution >= 4 is 23.5 Å². The number of hydrogen-bond acceptors (Lipinski definition) is 8. The van der Waals surface area contributed by atoms with E-state index in [0.717, 1.165) is 0 Å². The van der Waals surface area contributed by atoms with Crippen LogP contribution in [0.3, 0.4) is 0 Å². The second-order valence-corrected chi connectivity index (χ2v) is 9.12. The van der Waals surface area contributed by atoms with Gasteiger partial charge in [0.2, 0.25) is 0 Å². The van der Waals surface area contributed by atoms with E-state index in [4.69, 9.17) is 9.47 Å². The molecule has 2 N–H and O–H groups in total. The van der Waals surface area contributed by atoms with Crippen LogP contribution < -0.4 is 10.6 Å². The fourth-order valence-corrected chi connectivity index (χ4v) is 4.06. The Morgan fingerprint density at radius 1 is 1.11 bits per heavy atom. The Hall–Kier alpha value is -3.69. The number of ether oxygens (including phenoxy) is 2. The summed E-state index contributed by atoms with van der Waals surface area (Å²) in [7, 11) is 1.24. The maximum atomic E-state index is 13.6. The first-order chi connectivity index (χ1) is 16.4. The summed E-state index contributed by atoms with van der Waals surface area (Å²) in [4.78, 5) is 50.0. The summed E-state index contributed by atoms with van der Waals surface area (Å²) in [5.74, 6) is -2.70. The Kier molecular flexibility index (Phi) is 9.16. The smallest absolute Gasteiger partial charge is 0.337 e. The number of non-ortho nitro benzene ring substituents is 1. The highest BCUT2D eigenvalue weighted by Gasteiger charge is 2.39. The van der Waals surface area contributed by atoms with Crippen molar-refractivity contribution in [2.24, 2.45) is 5.92 Å². The van der Waals surface area contributed by atoms with Crippen molar-refractivity contribution in [3.63, 3.8) is 0 Å². The Balaban J connectivity index is 2.64. The molecule has 1 aromatic carbocycles. The van der Waals surface area contributed by atoms with Crippen molar-refractivity contribution in [3.05, 3.63) is 62.5 Å². The quantitative estimate of drug-likeness (QED) is 0.307. The molecule has 10 nitrogen and oxygen atoms in total. The lowest BCUT2D eigenvalue weighted by atomic mass is 9.79. The van der Waals surface area contributed by atoms with E-state index >= 15 is 0 Å². The van der Waals surface area contributed by atoms with Crippen LogP contribution in [0.2, 0.25) is 0 Å². The van der Waals surface area contributed by atoms with Crippen LogP contribution in [-0.2, 0) is 23.9 Å². The highest BCUT2D eigenvalue weighted by molar-refractivity contribution is 6.03. The van der Waals surface area contributed by atoms with Gasteiger partial charge < -0.3 is 20.1 Å². The molecule has 0 saturated carbocycles. The molecule has 1 amide bonds. The molecule has 0 aliphatic carbocycles. The van der Waals surface area contributed by atoms with Crippen molar-refractivity contribution < 1.29 is 28.8 Å². The Morgan fingerprint density at radius 3 is 2.29 bits per heavy atom. The number of nitro benzene ring substituents is 1. The molecule has 0 bridgehead atoms. The van der Waals surface area contributed by atoms with E-state index in [1.165, 1.54) is 25.3 Å². The van der Waals surface area contributed by atoms with Crippen LogP contribution in [0.1, 0.15) is 59.4 Å². The normalized spacial score (nSPS) is 16.7. The average Bonchev–Trinajstić information content (AvgIpc) is 2.76. The van der Waals surface area contributed by atoms with E-state index in [2.05, 4.69) is 10.6 Å². The number of allylic oxidation sites excluding steroid dienone is 2. The molecular weight excluding hydrogens is 454 g/mol. The minimum absolute atomic E-state index is 0.0882. The standard InChI is InChI=1S/C25H33N3O7/c1-13(2)11-19(24(30)34-7)27-23(29)20-15(5)26-16(6)21(25(31)35-14(3)4)22(20)17-9-8-10-18(12-17)28(32)33/h8-10,12-14,19,22,26H,11H2,1-7H3,(H,27,29)/t19-,22-/m0/s1. The highest BCUT2D eigenvalue weighted by Crippen LogP contribution is 2.40. The SMILES string of the molecule is COC(=O)[C@H](CC(C)C)NC(=O)C1=C(C)NC(C)=C(C(=O)OC(C)C)[C@H]1c1cccc([N+](=O)[O-])c1. The molecule has 10 heteroatoms. The summed E-state index contributed by atoms with van der Waals surface area (Å²) < 4.78 is 10.3. The molecule has 0 saturated heterocycles. The van der Waals surface area contributed by atoms with Crippen LogP contribution >= 0.6 is 0 Å². The van der Waals surface area contributed by atoms with E-state index in [9.17, 15) is 24.5 Å². The van der Waals surface area contributed by atoms with Crippen molar-refractivity contribution in [1.29, 1.82) is 0 Å². The lowest BCUT2D eigenvalue weighted by Gasteiger charge is -2.32. The summed E-state index contributed by atoms with van der Waals surface area (Å²) in [6.45, 7) is 10.6. The van der Waals surface area contributed by atoms with E-state index in [1.54, 1.807) is 33.8 Å². The van der Waals surface area contributed by atoms with Gasteiger partial charge in [0.25, 0.3) is 11.6 Å². The molecule has 1 aliphatic rings. The first-order valence-corrected chi connectivity index (χ1v) is 11.4. The zero-order chi connectivity index (χ0) is 26.4. The number of rotatable bonds is 9. The number of nitrogens with zero attached hydrogens (tertiary/aromatic N) is 1. The van der Waals surface area contributed by atoms with Gasteiger partial charge in [-0.3, -0.25) is 14.9 Å². The summed E-state index contributed by atoms with van der Waals surface area (Å²) in [5, 5.41) is 17.2. The van der Waals surface area contributed by atoms with Gasteiger partial charge >= 0.3 is 11.9 Å². The first-order valence-electron chi connectivity index (χ1n) is 11.4. The molecule has 35 heavy (non-hydrogen) atoms. The van der Waals surface area contributed by atoms with Crippen molar-refractivity contribution in [1.82, 2.24) is 10.6 Å². The molecule has 0 fully saturated rings. The van der Waals surface area contributed by atoms with E-state index < -0.39 is 40.8 Å². The lowest BCUT2D eigenvalue weighted by molar-refractivity contribution is -0.384. The summed E-state index contributed by atoms with van der Waals surface area (Å²) in [6.07, 6.45) is -0.0795. The van der Waals surface area contributed by atoms with E-state index in [1.807, 2.05) is 13.8 Å². The van der Waals surface area contributed by atoms with Crippen LogP contribution in [0.5, 0.6) is 0 Å². The van der Waals surface area contributed by atoms with Gasteiger partial charge in [0.15, 0.2) is 0 Å². The summed E-state index contributed by atoms with van der Waals surface area (Å²) in [6, 6.07) is 4.87. The Morgan fingerprint density at radius 2 is 1.74 bits per heavy atom. The van der Waals surface area contributed by atoms with Gasteiger partial charge in [0.1, 0.15) is 6.04 Å².